The summed E-state index contributed by atoms with van der Waals surface area (Å²) in [6.07, 6.45) is 11.0. The molecule has 2 nitrogen and oxygen atoms in total. The van der Waals surface area contributed by atoms with Crippen molar-refractivity contribution in [2.24, 2.45) is 0 Å². The Morgan fingerprint density at radius 2 is 1.75 bits per heavy atom. The van der Waals surface area contributed by atoms with Gasteiger partial charge in [-0.05, 0) is 32.1 Å². The molecule has 0 saturated heterocycles. The van der Waals surface area contributed by atoms with Crippen LogP contribution in [-0.2, 0) is 9.53 Å². The van der Waals surface area contributed by atoms with Gasteiger partial charge in [-0.1, -0.05) is 32.6 Å². The summed E-state index contributed by atoms with van der Waals surface area (Å²) in [5, 5.41) is 0. The van der Waals surface area contributed by atoms with Crippen LogP contribution in [0.4, 0.5) is 0 Å². The van der Waals surface area contributed by atoms with Gasteiger partial charge in [-0.25, -0.2) is 0 Å². The molecule has 1 aliphatic carbocycles. The first-order chi connectivity index (χ1) is 7.75. The van der Waals surface area contributed by atoms with Gasteiger partial charge in [0, 0.05) is 13.5 Å². The van der Waals surface area contributed by atoms with Crippen molar-refractivity contribution in [2.75, 3.05) is 7.11 Å². The number of ether oxygens (including phenoxy) is 1. The van der Waals surface area contributed by atoms with Gasteiger partial charge in [-0.15, -0.1) is 0 Å². The van der Waals surface area contributed by atoms with Crippen LogP contribution >= 0.6 is 0 Å². The topological polar surface area (TPSA) is 26.3 Å². The number of ketones is 1. The quantitative estimate of drug-likeness (QED) is 0.587. The molecular weight excluding hydrogens is 200 g/mol. The van der Waals surface area contributed by atoms with Gasteiger partial charge in [0.25, 0.3) is 0 Å². The second-order valence-electron chi connectivity index (χ2n) is 4.99. The van der Waals surface area contributed by atoms with Crippen LogP contribution in [0.3, 0.4) is 0 Å². The van der Waals surface area contributed by atoms with Gasteiger partial charge in [0.15, 0.2) is 5.78 Å². The summed E-state index contributed by atoms with van der Waals surface area (Å²) in [7, 11) is 1.69. The first-order valence-electron chi connectivity index (χ1n) is 6.83. The number of hydrogen-bond acceptors (Lipinski definition) is 2. The van der Waals surface area contributed by atoms with Crippen LogP contribution in [-0.4, -0.2) is 18.5 Å². The summed E-state index contributed by atoms with van der Waals surface area (Å²) in [5.41, 5.74) is -0.398. The van der Waals surface area contributed by atoms with Gasteiger partial charge in [0.1, 0.15) is 5.60 Å². The number of carbonyl (C=O) groups excluding carboxylic acids is 1. The van der Waals surface area contributed by atoms with E-state index in [0.717, 1.165) is 38.5 Å². The van der Waals surface area contributed by atoms with Crippen molar-refractivity contribution in [1.82, 2.24) is 0 Å². The van der Waals surface area contributed by atoms with Crippen LogP contribution in [0.15, 0.2) is 0 Å². The van der Waals surface area contributed by atoms with Crippen LogP contribution < -0.4 is 0 Å². The van der Waals surface area contributed by atoms with E-state index >= 15 is 0 Å². The predicted octanol–water partition coefficient (Wildman–Crippen LogP) is 3.88. The van der Waals surface area contributed by atoms with Crippen molar-refractivity contribution in [3.8, 4) is 0 Å². The van der Waals surface area contributed by atoms with E-state index in [0.29, 0.717) is 5.78 Å². The molecule has 0 atom stereocenters. The molecule has 1 rings (SSSR count). The number of rotatable bonds is 8. The Morgan fingerprint density at radius 3 is 2.31 bits per heavy atom. The monoisotopic (exact) mass is 226 g/mol. The SMILES string of the molecule is CCCCCCCC(=O)C1(OC)CCCC1. The van der Waals surface area contributed by atoms with Gasteiger partial charge < -0.3 is 4.74 Å². The van der Waals surface area contributed by atoms with E-state index in [9.17, 15) is 4.79 Å². The van der Waals surface area contributed by atoms with Crippen LogP contribution in [0.25, 0.3) is 0 Å². The Labute approximate surface area is 99.8 Å². The summed E-state index contributed by atoms with van der Waals surface area (Å²) in [6, 6.07) is 0. The first kappa shape index (κ1) is 13.7. The van der Waals surface area contributed by atoms with Crippen molar-refractivity contribution in [1.29, 1.82) is 0 Å². The first-order valence-corrected chi connectivity index (χ1v) is 6.83. The maximum atomic E-state index is 12.1. The standard InChI is InChI=1S/C14H26O2/c1-3-4-5-6-7-10-13(15)14(16-2)11-8-9-12-14/h3-12H2,1-2H3. The van der Waals surface area contributed by atoms with Gasteiger partial charge >= 0.3 is 0 Å². The zero-order valence-corrected chi connectivity index (χ0v) is 10.9. The highest BCUT2D eigenvalue weighted by Gasteiger charge is 2.40. The smallest absolute Gasteiger partial charge is 0.164 e. The molecule has 0 N–H and O–H groups in total. The molecule has 0 spiro atoms. The van der Waals surface area contributed by atoms with E-state index in [4.69, 9.17) is 4.74 Å². The highest BCUT2D eigenvalue weighted by molar-refractivity contribution is 5.87. The molecule has 0 amide bonds. The second-order valence-corrected chi connectivity index (χ2v) is 4.99. The normalized spacial score (nSPS) is 18.9. The number of unbranched alkanes of at least 4 members (excludes halogenated alkanes) is 4. The zero-order valence-electron chi connectivity index (χ0n) is 10.9. The van der Waals surface area contributed by atoms with E-state index in [1.165, 1.54) is 25.7 Å². The molecule has 0 aliphatic heterocycles. The fraction of sp³-hybridized carbons (Fsp3) is 0.929. The summed E-state index contributed by atoms with van der Waals surface area (Å²) >= 11 is 0. The van der Waals surface area contributed by atoms with Crippen molar-refractivity contribution < 1.29 is 9.53 Å². The van der Waals surface area contributed by atoms with Gasteiger partial charge in [0.2, 0.25) is 0 Å². The van der Waals surface area contributed by atoms with Crippen LogP contribution in [0.1, 0.15) is 71.1 Å². The maximum Gasteiger partial charge on any atom is 0.164 e. The highest BCUT2D eigenvalue weighted by Crippen LogP contribution is 2.34. The molecule has 0 aromatic rings. The van der Waals surface area contributed by atoms with E-state index in [1.54, 1.807) is 7.11 Å². The minimum Gasteiger partial charge on any atom is -0.370 e. The number of hydrogen-bond donors (Lipinski definition) is 0. The van der Waals surface area contributed by atoms with Crippen molar-refractivity contribution in [2.45, 2.75) is 76.7 Å². The molecule has 16 heavy (non-hydrogen) atoms. The van der Waals surface area contributed by atoms with Crippen molar-refractivity contribution >= 4 is 5.78 Å². The van der Waals surface area contributed by atoms with Gasteiger partial charge in [-0.3, -0.25) is 4.79 Å². The summed E-state index contributed by atoms with van der Waals surface area (Å²) in [6.45, 7) is 2.21. The predicted molar refractivity (Wildman–Crippen MR) is 66.6 cm³/mol. The zero-order chi connectivity index (χ0) is 11.9. The molecule has 1 fully saturated rings. The third-order valence-electron chi connectivity index (χ3n) is 3.82. The van der Waals surface area contributed by atoms with E-state index < -0.39 is 5.60 Å². The van der Waals surface area contributed by atoms with Crippen LogP contribution in [0, 0.1) is 0 Å². The van der Waals surface area contributed by atoms with Gasteiger partial charge in [-0.2, -0.15) is 0 Å². The fourth-order valence-corrected chi connectivity index (χ4v) is 2.66. The minimum absolute atomic E-state index is 0.351. The van der Waals surface area contributed by atoms with Crippen molar-refractivity contribution in [3.63, 3.8) is 0 Å². The Morgan fingerprint density at radius 1 is 1.12 bits per heavy atom. The average molecular weight is 226 g/mol. The summed E-state index contributed by atoms with van der Waals surface area (Å²) in [5.74, 6) is 0.351. The van der Waals surface area contributed by atoms with Crippen molar-refractivity contribution in [3.05, 3.63) is 0 Å². The van der Waals surface area contributed by atoms with Gasteiger partial charge in [0.05, 0.1) is 0 Å². The largest absolute Gasteiger partial charge is 0.370 e. The molecule has 1 saturated carbocycles. The van der Waals surface area contributed by atoms with E-state index in [1.807, 2.05) is 0 Å². The molecule has 0 unspecified atom stereocenters. The number of methoxy groups -OCH3 is 1. The lowest BCUT2D eigenvalue weighted by Gasteiger charge is -2.25. The Kier molecular flexibility index (Phi) is 6.04. The Bertz CT molecular complexity index is 205. The lowest BCUT2D eigenvalue weighted by Crippen LogP contribution is -2.37. The molecule has 2 heteroatoms. The van der Waals surface area contributed by atoms with Crippen LogP contribution in [0.2, 0.25) is 0 Å². The Hall–Kier alpha value is -0.370. The van der Waals surface area contributed by atoms with E-state index in [2.05, 4.69) is 6.92 Å². The molecule has 0 radical (unpaired) electrons. The third-order valence-corrected chi connectivity index (χ3v) is 3.82. The lowest BCUT2D eigenvalue weighted by atomic mass is 9.92. The molecule has 1 aliphatic rings. The molecular formula is C14H26O2. The molecule has 0 aromatic heterocycles. The molecule has 0 aromatic carbocycles. The maximum absolute atomic E-state index is 12.1. The molecule has 94 valence electrons. The second kappa shape index (κ2) is 7.05. The Balaban J connectivity index is 2.22. The summed E-state index contributed by atoms with van der Waals surface area (Å²) in [4.78, 5) is 12.1. The molecule has 0 heterocycles. The fourth-order valence-electron chi connectivity index (χ4n) is 2.66. The summed E-state index contributed by atoms with van der Waals surface area (Å²) < 4.78 is 5.49. The number of carbonyl (C=O) groups is 1. The van der Waals surface area contributed by atoms with Crippen LogP contribution in [0.5, 0.6) is 0 Å². The third kappa shape index (κ3) is 3.58. The average Bonchev–Trinajstić information content (AvgIpc) is 2.78. The van der Waals surface area contributed by atoms with E-state index in [-0.39, 0.29) is 0 Å². The minimum atomic E-state index is -0.398. The lowest BCUT2D eigenvalue weighted by molar-refractivity contribution is -0.140. The highest BCUT2D eigenvalue weighted by atomic mass is 16.5. The molecule has 0 bridgehead atoms. The number of Topliss-reactive ketones (excluding diaryl/α,β-unsaturated/α-hetero) is 1.